The molecule has 4 heteroatoms. The van der Waals surface area contributed by atoms with E-state index in [2.05, 4.69) is 10.3 Å². The van der Waals surface area contributed by atoms with E-state index in [0.29, 0.717) is 11.3 Å². The van der Waals surface area contributed by atoms with Crippen LogP contribution in [0.15, 0.2) is 24.3 Å². The maximum absolute atomic E-state index is 11.2. The van der Waals surface area contributed by atoms with Crippen LogP contribution in [0.4, 0.5) is 0 Å². The lowest BCUT2D eigenvalue weighted by Crippen LogP contribution is -2.15. The number of benzene rings is 1. The molecule has 0 unspecified atom stereocenters. The molecule has 4 nitrogen and oxygen atoms in total. The second kappa shape index (κ2) is 4.47. The Labute approximate surface area is 76.4 Å². The summed E-state index contributed by atoms with van der Waals surface area (Å²) in [6, 6.07) is 6.75. The fraction of sp³-hybridized carbons (Fsp3) is 0.222. The number of ether oxygens (including phenoxy) is 1. The predicted octanol–water partition coefficient (Wildman–Crippen LogP) is 0.986. The number of nitrogens with one attached hydrogen (secondary N) is 1. The summed E-state index contributed by atoms with van der Waals surface area (Å²) in [4.78, 5) is 15.8. The van der Waals surface area contributed by atoms with Gasteiger partial charge in [-0.15, -0.1) is 0 Å². The highest BCUT2D eigenvalue weighted by Gasteiger charge is 2.06. The van der Waals surface area contributed by atoms with Crippen LogP contribution in [0.3, 0.4) is 0 Å². The van der Waals surface area contributed by atoms with Gasteiger partial charge in [-0.05, 0) is 18.2 Å². The van der Waals surface area contributed by atoms with Gasteiger partial charge in [-0.25, -0.2) is 4.79 Å². The SMILES string of the molecule is CNOC(=O)c1cccc(OC)c1. The molecule has 13 heavy (non-hydrogen) atoms. The van der Waals surface area contributed by atoms with Crippen molar-refractivity contribution in [2.24, 2.45) is 0 Å². The van der Waals surface area contributed by atoms with Gasteiger partial charge in [-0.1, -0.05) is 6.07 Å². The van der Waals surface area contributed by atoms with Crippen LogP contribution in [-0.2, 0) is 4.84 Å². The van der Waals surface area contributed by atoms with Crippen LogP contribution in [0.25, 0.3) is 0 Å². The second-order valence-corrected chi connectivity index (χ2v) is 2.33. The van der Waals surface area contributed by atoms with Gasteiger partial charge in [-0.2, -0.15) is 5.48 Å². The summed E-state index contributed by atoms with van der Waals surface area (Å²) in [7, 11) is 3.07. The molecule has 1 rings (SSSR count). The van der Waals surface area contributed by atoms with E-state index >= 15 is 0 Å². The first-order valence-electron chi connectivity index (χ1n) is 3.80. The summed E-state index contributed by atoms with van der Waals surface area (Å²) in [5, 5.41) is 0. The third-order valence-electron chi connectivity index (χ3n) is 1.50. The molecule has 0 bridgehead atoms. The van der Waals surface area contributed by atoms with E-state index in [9.17, 15) is 4.79 Å². The average molecular weight is 181 g/mol. The molecule has 0 saturated heterocycles. The van der Waals surface area contributed by atoms with Gasteiger partial charge in [0.1, 0.15) is 5.75 Å². The van der Waals surface area contributed by atoms with Crippen molar-refractivity contribution in [3.63, 3.8) is 0 Å². The van der Waals surface area contributed by atoms with Crippen molar-refractivity contribution in [1.82, 2.24) is 5.48 Å². The molecule has 0 aromatic heterocycles. The van der Waals surface area contributed by atoms with Gasteiger partial charge in [-0.3, -0.25) is 0 Å². The van der Waals surface area contributed by atoms with Crippen LogP contribution < -0.4 is 10.2 Å². The zero-order chi connectivity index (χ0) is 9.68. The number of hydroxylamine groups is 1. The van der Waals surface area contributed by atoms with Gasteiger partial charge in [0.15, 0.2) is 0 Å². The second-order valence-electron chi connectivity index (χ2n) is 2.33. The monoisotopic (exact) mass is 181 g/mol. The quantitative estimate of drug-likeness (QED) is 0.706. The van der Waals surface area contributed by atoms with Crippen molar-refractivity contribution in [3.8, 4) is 5.75 Å². The Morgan fingerprint density at radius 3 is 2.85 bits per heavy atom. The Hall–Kier alpha value is -1.55. The minimum Gasteiger partial charge on any atom is -0.497 e. The molecular formula is C9H11NO3. The van der Waals surface area contributed by atoms with E-state index in [-0.39, 0.29) is 0 Å². The molecule has 0 spiro atoms. The Bertz CT molecular complexity index is 299. The average Bonchev–Trinajstić information content (AvgIpc) is 2.18. The molecule has 0 aliphatic rings. The van der Waals surface area contributed by atoms with Gasteiger partial charge >= 0.3 is 5.97 Å². The molecule has 0 aliphatic carbocycles. The number of rotatable bonds is 3. The summed E-state index contributed by atoms with van der Waals surface area (Å²) in [6.45, 7) is 0. The number of hydrogen-bond acceptors (Lipinski definition) is 4. The highest BCUT2D eigenvalue weighted by atomic mass is 16.7. The number of hydrogen-bond donors (Lipinski definition) is 1. The maximum Gasteiger partial charge on any atom is 0.356 e. The molecule has 0 aliphatic heterocycles. The van der Waals surface area contributed by atoms with Crippen molar-refractivity contribution in [2.75, 3.05) is 14.2 Å². The fourth-order valence-electron chi connectivity index (χ4n) is 0.902. The van der Waals surface area contributed by atoms with Crippen molar-refractivity contribution in [2.45, 2.75) is 0 Å². The smallest absolute Gasteiger partial charge is 0.356 e. The molecular weight excluding hydrogens is 170 g/mol. The van der Waals surface area contributed by atoms with Gasteiger partial charge in [0.05, 0.1) is 12.7 Å². The minimum atomic E-state index is -0.429. The van der Waals surface area contributed by atoms with Crippen LogP contribution >= 0.6 is 0 Å². The number of methoxy groups -OCH3 is 1. The third kappa shape index (κ3) is 2.45. The lowest BCUT2D eigenvalue weighted by molar-refractivity contribution is 0.0309. The standard InChI is InChI=1S/C9H11NO3/c1-10-13-9(11)7-4-3-5-8(6-7)12-2/h3-6,10H,1-2H3. The Balaban J connectivity index is 2.82. The van der Waals surface area contributed by atoms with Crippen LogP contribution in [0.2, 0.25) is 0 Å². The van der Waals surface area contributed by atoms with Crippen molar-refractivity contribution < 1.29 is 14.4 Å². The largest absolute Gasteiger partial charge is 0.497 e. The molecule has 0 fully saturated rings. The summed E-state index contributed by atoms with van der Waals surface area (Å²) in [5.74, 6) is 0.201. The summed E-state index contributed by atoms with van der Waals surface area (Å²) in [6.07, 6.45) is 0. The molecule has 0 atom stereocenters. The number of carbonyl (C=O) groups is 1. The van der Waals surface area contributed by atoms with Crippen molar-refractivity contribution >= 4 is 5.97 Å². The lowest BCUT2D eigenvalue weighted by atomic mass is 10.2. The number of carbonyl (C=O) groups excluding carboxylic acids is 1. The lowest BCUT2D eigenvalue weighted by Gasteiger charge is -2.03. The molecule has 1 aromatic carbocycles. The summed E-state index contributed by atoms with van der Waals surface area (Å²) >= 11 is 0. The maximum atomic E-state index is 11.2. The zero-order valence-corrected chi connectivity index (χ0v) is 7.53. The van der Waals surface area contributed by atoms with Crippen LogP contribution in [0, 0.1) is 0 Å². The highest BCUT2D eigenvalue weighted by Crippen LogP contribution is 2.12. The van der Waals surface area contributed by atoms with E-state index in [0.717, 1.165) is 0 Å². The molecule has 70 valence electrons. The molecule has 0 radical (unpaired) electrons. The van der Waals surface area contributed by atoms with E-state index in [1.807, 2.05) is 0 Å². The first kappa shape index (κ1) is 9.54. The normalized spacial score (nSPS) is 9.38. The zero-order valence-electron chi connectivity index (χ0n) is 7.53. The highest BCUT2D eigenvalue weighted by molar-refractivity contribution is 5.89. The fourth-order valence-corrected chi connectivity index (χ4v) is 0.902. The van der Waals surface area contributed by atoms with Gasteiger partial charge in [0, 0.05) is 7.05 Å². The van der Waals surface area contributed by atoms with E-state index in [1.165, 1.54) is 7.05 Å². The molecule has 0 heterocycles. The van der Waals surface area contributed by atoms with Crippen LogP contribution in [0.5, 0.6) is 5.75 Å². The van der Waals surface area contributed by atoms with Crippen molar-refractivity contribution in [3.05, 3.63) is 29.8 Å². The summed E-state index contributed by atoms with van der Waals surface area (Å²) in [5.41, 5.74) is 2.77. The summed E-state index contributed by atoms with van der Waals surface area (Å²) < 4.78 is 4.95. The van der Waals surface area contributed by atoms with Gasteiger partial charge < -0.3 is 9.57 Å². The van der Waals surface area contributed by atoms with E-state index in [1.54, 1.807) is 31.4 Å². The molecule has 1 N–H and O–H groups in total. The predicted molar refractivity (Wildman–Crippen MR) is 47.5 cm³/mol. The molecule has 1 aromatic rings. The van der Waals surface area contributed by atoms with Crippen LogP contribution in [-0.4, -0.2) is 20.1 Å². The van der Waals surface area contributed by atoms with Crippen LogP contribution in [0.1, 0.15) is 10.4 Å². The molecule has 0 amide bonds. The van der Waals surface area contributed by atoms with E-state index in [4.69, 9.17) is 4.74 Å². The van der Waals surface area contributed by atoms with Gasteiger partial charge in [0.25, 0.3) is 0 Å². The minimum absolute atomic E-state index is 0.429. The first-order valence-corrected chi connectivity index (χ1v) is 3.80. The first-order chi connectivity index (χ1) is 6.27. The van der Waals surface area contributed by atoms with Crippen molar-refractivity contribution in [1.29, 1.82) is 0 Å². The molecule has 0 saturated carbocycles. The topological polar surface area (TPSA) is 47.6 Å². The Morgan fingerprint density at radius 2 is 2.23 bits per heavy atom. The Morgan fingerprint density at radius 1 is 1.46 bits per heavy atom. The Kier molecular flexibility index (Phi) is 3.28. The third-order valence-corrected chi connectivity index (χ3v) is 1.50. The van der Waals surface area contributed by atoms with E-state index < -0.39 is 5.97 Å². The van der Waals surface area contributed by atoms with Gasteiger partial charge in [0.2, 0.25) is 0 Å².